The van der Waals surface area contributed by atoms with Crippen LogP contribution in [0.15, 0.2) is 106 Å². The predicted octanol–water partition coefficient (Wildman–Crippen LogP) is 4.01. The van der Waals surface area contributed by atoms with Gasteiger partial charge in [-0.15, -0.1) is 4.99 Å². The van der Waals surface area contributed by atoms with E-state index in [1.54, 1.807) is 35.7 Å². The van der Waals surface area contributed by atoms with Gasteiger partial charge in [-0.2, -0.15) is 15.2 Å². The Morgan fingerprint density at radius 2 is 1.67 bits per heavy atom. The summed E-state index contributed by atoms with van der Waals surface area (Å²) in [4.78, 5) is 49.9. The number of hydrogen-bond donors (Lipinski definition) is 5. The van der Waals surface area contributed by atoms with Crippen molar-refractivity contribution in [3.63, 3.8) is 0 Å². The van der Waals surface area contributed by atoms with Crippen molar-refractivity contribution < 1.29 is 19.2 Å². The molecule has 0 bridgehead atoms. The molecule has 10 rings (SSSR count). The molecule has 4 aliphatic rings. The number of nitrogens with one attached hydrogen (secondary N) is 3. The SMILES string of the molecule is CC(C)CNC(=O)Cn1cc(C([OH2+])=NC(=N)C2(c3ccc(-c4cnc(N)nc4)cc3)CC(C3CC(=O)N(CCn4cc(-c5nc(C6(c7ccc(C8=CNC(N)N=C8)cc7)CCC6)no5)cn4)C3)C2)cn1. The van der Waals surface area contributed by atoms with Gasteiger partial charge in [0.05, 0.1) is 35.3 Å². The van der Waals surface area contributed by atoms with Crippen molar-refractivity contribution in [2.24, 2.45) is 33.5 Å². The van der Waals surface area contributed by atoms with E-state index in [9.17, 15) is 15.0 Å². The van der Waals surface area contributed by atoms with Gasteiger partial charge in [-0.1, -0.05) is 74.0 Å². The summed E-state index contributed by atoms with van der Waals surface area (Å²) in [6.45, 7) is 6.19. The molecule has 2 amide bonds. The number of aromatic nitrogens is 8. The molecule has 0 spiro atoms. The number of rotatable bonds is 16. The minimum Gasteiger partial charge on any atom is -0.578 e. The number of hydrogen-bond acceptors (Lipinski definition) is 14. The molecule has 360 valence electrons. The first-order valence-corrected chi connectivity index (χ1v) is 23.7. The van der Waals surface area contributed by atoms with Crippen molar-refractivity contribution in [1.29, 1.82) is 5.41 Å². The lowest BCUT2D eigenvalue weighted by molar-refractivity contribution is -0.128. The standard InChI is InChI=1S/C50H56N16O4/c1-30(2)19-54-41(67)29-66-27-37(24-60-66)43(69)61-45(51)50(40-10-6-32(7-11-40)36-22-57-48(53)58-23-36)17-34(18-50)33-16-42(68)64(26-33)14-15-65-28-38(25-59-65)44-62-46(63-70-44)49(12-3-13-49)39-8-4-31(5-9-39)35-20-55-47(52)56-21-35/h4-11,20-25,27-28,30,33-34,47,55H,3,12-19,26,29,52H2,1-2H3,(H,54,67)(H2,51,61,69)(H2,53,57,58)/p+1. The third-order valence-electron chi connectivity index (χ3n) is 14.3. The Kier molecular flexibility index (Phi) is 12.4. The predicted molar refractivity (Wildman–Crippen MR) is 263 cm³/mol. The number of benzene rings is 2. The summed E-state index contributed by atoms with van der Waals surface area (Å²) in [6.07, 6.45) is 17.8. The summed E-state index contributed by atoms with van der Waals surface area (Å²) >= 11 is 0. The maximum Gasteiger partial charge on any atom is 0.369 e. The van der Waals surface area contributed by atoms with Crippen LogP contribution in [0.2, 0.25) is 0 Å². The molecule has 20 heteroatoms. The van der Waals surface area contributed by atoms with E-state index in [2.05, 4.69) is 70.2 Å². The van der Waals surface area contributed by atoms with Gasteiger partial charge in [0.1, 0.15) is 17.9 Å². The number of allylic oxidation sites excluding steroid dienone is 1. The van der Waals surface area contributed by atoms with E-state index in [0.29, 0.717) is 74.2 Å². The summed E-state index contributed by atoms with van der Waals surface area (Å²) in [6, 6.07) is 16.4. The van der Waals surface area contributed by atoms with Crippen LogP contribution >= 0.6 is 0 Å². The molecule has 2 aliphatic heterocycles. The number of nitrogen functional groups attached to an aromatic ring is 1. The molecule has 2 atom stereocenters. The fourth-order valence-corrected chi connectivity index (χ4v) is 10.00. The van der Waals surface area contributed by atoms with Crippen LogP contribution in [0.5, 0.6) is 0 Å². The van der Waals surface area contributed by atoms with E-state index in [4.69, 9.17) is 26.1 Å². The average Bonchev–Trinajstić information content (AvgIpc) is 4.17. The Bertz CT molecular complexity index is 2980. The minimum atomic E-state index is -0.783. The fourth-order valence-electron chi connectivity index (χ4n) is 10.00. The van der Waals surface area contributed by atoms with Crippen LogP contribution in [0.3, 0.4) is 0 Å². The van der Waals surface area contributed by atoms with Crippen LogP contribution in [-0.4, -0.2) is 105 Å². The fraction of sp³-hybridized carbons (Fsp3) is 0.380. The van der Waals surface area contributed by atoms with E-state index in [1.807, 2.05) is 55.4 Å². The molecule has 0 radical (unpaired) electrons. The number of amides is 2. The van der Waals surface area contributed by atoms with Gasteiger partial charge in [-0.3, -0.25) is 35.1 Å². The lowest BCUT2D eigenvalue weighted by Gasteiger charge is -2.49. The Balaban J connectivity index is 0.786. The normalized spacial score (nSPS) is 21.8. The van der Waals surface area contributed by atoms with E-state index < -0.39 is 11.7 Å². The highest BCUT2D eigenvalue weighted by molar-refractivity contribution is 6.10. The summed E-state index contributed by atoms with van der Waals surface area (Å²) < 4.78 is 9.11. The number of aliphatic imine (C=N–C) groups is 2. The maximum atomic E-state index is 13.5. The Hall–Kier alpha value is -7.87. The molecule has 4 aromatic heterocycles. The van der Waals surface area contributed by atoms with Crippen molar-refractivity contribution in [2.45, 2.75) is 82.6 Å². The van der Waals surface area contributed by atoms with E-state index >= 15 is 0 Å². The van der Waals surface area contributed by atoms with E-state index in [0.717, 1.165) is 52.7 Å². The van der Waals surface area contributed by atoms with Crippen molar-refractivity contribution in [1.82, 2.24) is 55.2 Å². The second-order valence-electron chi connectivity index (χ2n) is 19.3. The molecular weight excluding hydrogens is 889 g/mol. The van der Waals surface area contributed by atoms with E-state index in [1.165, 1.54) is 10.9 Å². The molecule has 2 unspecified atom stereocenters. The molecule has 2 aromatic carbocycles. The second-order valence-corrected chi connectivity index (χ2v) is 19.3. The highest BCUT2D eigenvalue weighted by atomic mass is 16.5. The first kappa shape index (κ1) is 45.9. The molecule has 9 N–H and O–H groups in total. The molecule has 2 saturated carbocycles. The van der Waals surface area contributed by atoms with Gasteiger partial charge in [-0.05, 0) is 65.7 Å². The summed E-state index contributed by atoms with van der Waals surface area (Å²) in [7, 11) is 0. The van der Waals surface area contributed by atoms with Crippen LogP contribution in [-0.2, 0) is 33.5 Å². The zero-order chi connectivity index (χ0) is 48.6. The molecular formula is C50H57N16O4+. The summed E-state index contributed by atoms with van der Waals surface area (Å²) in [5, 5.41) is 37.6. The van der Waals surface area contributed by atoms with Gasteiger partial charge < -0.3 is 30.9 Å². The minimum absolute atomic E-state index is 0.0130. The molecule has 6 aromatic rings. The Morgan fingerprint density at radius 1 is 0.943 bits per heavy atom. The zero-order valence-electron chi connectivity index (χ0n) is 39.1. The number of nitrogens with zero attached hydrogens (tertiary/aromatic N) is 11. The van der Waals surface area contributed by atoms with Gasteiger partial charge in [0.25, 0.3) is 5.89 Å². The molecule has 2 aliphatic carbocycles. The quantitative estimate of drug-likeness (QED) is 0.0523. The lowest BCUT2D eigenvalue weighted by atomic mass is 9.54. The number of likely N-dealkylation sites (tertiary alicyclic amines) is 1. The number of amidine groups is 1. The highest BCUT2D eigenvalue weighted by Crippen LogP contribution is 2.54. The first-order valence-electron chi connectivity index (χ1n) is 23.7. The number of carbonyl (C=O) groups is 2. The zero-order valence-corrected chi connectivity index (χ0v) is 39.1. The monoisotopic (exact) mass is 945 g/mol. The Labute approximate surface area is 403 Å². The van der Waals surface area contributed by atoms with Gasteiger partial charge in [0, 0.05) is 74.4 Å². The van der Waals surface area contributed by atoms with Crippen molar-refractivity contribution in [3.8, 4) is 22.6 Å². The number of carbonyl (C=O) groups excluding carboxylic acids is 2. The second kappa shape index (κ2) is 18.9. The molecule has 1 saturated heterocycles. The van der Waals surface area contributed by atoms with Crippen molar-refractivity contribution >= 4 is 41.3 Å². The number of nitrogens with two attached hydrogens (primary N) is 2. The maximum absolute atomic E-state index is 13.5. The summed E-state index contributed by atoms with van der Waals surface area (Å²) in [5.41, 5.74) is 17.3. The van der Waals surface area contributed by atoms with Gasteiger partial charge >= 0.3 is 5.90 Å². The third-order valence-corrected chi connectivity index (χ3v) is 14.3. The van der Waals surface area contributed by atoms with Crippen molar-refractivity contribution in [3.05, 3.63) is 120 Å². The Morgan fingerprint density at radius 3 is 2.37 bits per heavy atom. The average molecular weight is 946 g/mol. The van der Waals surface area contributed by atoms with Crippen LogP contribution in [0.25, 0.3) is 28.2 Å². The third kappa shape index (κ3) is 9.20. The molecule has 3 fully saturated rings. The van der Waals surface area contributed by atoms with E-state index in [-0.39, 0.29) is 53.3 Å². The van der Waals surface area contributed by atoms with Gasteiger partial charge in [0.15, 0.2) is 12.1 Å². The van der Waals surface area contributed by atoms with Gasteiger partial charge in [-0.25, -0.2) is 9.97 Å². The van der Waals surface area contributed by atoms with Gasteiger partial charge in [0.2, 0.25) is 17.8 Å². The lowest BCUT2D eigenvalue weighted by Crippen LogP contribution is -2.50. The van der Waals surface area contributed by atoms with Crippen molar-refractivity contribution in [2.75, 3.05) is 25.4 Å². The molecule has 6 heterocycles. The first-order chi connectivity index (χ1) is 33.8. The largest absolute Gasteiger partial charge is 0.578 e. The smallest absolute Gasteiger partial charge is 0.369 e. The van der Waals surface area contributed by atoms with Crippen LogP contribution in [0.1, 0.15) is 80.5 Å². The number of anilines is 1. The van der Waals surface area contributed by atoms with Crippen LogP contribution in [0, 0.1) is 23.2 Å². The molecule has 70 heavy (non-hydrogen) atoms. The summed E-state index contributed by atoms with van der Waals surface area (Å²) in [5.74, 6) is 1.67. The molecule has 20 nitrogen and oxygen atoms in total. The van der Waals surface area contributed by atoms with Crippen LogP contribution in [0.4, 0.5) is 5.95 Å². The topological polar surface area (TPSA) is 285 Å². The highest BCUT2D eigenvalue weighted by Gasteiger charge is 2.53. The van der Waals surface area contributed by atoms with Crippen LogP contribution < -0.4 is 22.1 Å².